The van der Waals surface area contributed by atoms with Crippen molar-refractivity contribution < 1.29 is 9.09 Å². The van der Waals surface area contributed by atoms with Crippen LogP contribution in [0.3, 0.4) is 0 Å². The van der Waals surface area contributed by atoms with Gasteiger partial charge in [-0.15, -0.1) is 0 Å². The smallest absolute Gasteiger partial charge is 0.228 e. The highest BCUT2D eigenvalue weighted by Gasteiger charge is 2.19. The Morgan fingerprint density at radius 1 is 1.13 bits per heavy atom. The molecule has 0 aliphatic rings. The zero-order valence-corrected chi connectivity index (χ0v) is 10.9. The van der Waals surface area contributed by atoms with Crippen LogP contribution in [-0.4, -0.2) is 34.9 Å². The van der Waals surface area contributed by atoms with Crippen molar-refractivity contribution in [1.29, 1.82) is 0 Å². The van der Waals surface area contributed by atoms with Crippen molar-refractivity contribution in [3.8, 4) is 0 Å². The molecule has 15 heavy (non-hydrogen) atoms. The number of rotatable bonds is 3. The van der Waals surface area contributed by atoms with E-state index in [0.29, 0.717) is 0 Å². The molecule has 0 aliphatic carbocycles. The second kappa shape index (κ2) is 4.09. The molecule has 84 valence electrons. The highest BCUT2D eigenvalue weighted by molar-refractivity contribution is 7.66. The number of benzene rings is 1. The van der Waals surface area contributed by atoms with Crippen molar-refractivity contribution >= 4 is 18.4 Å². The van der Waals surface area contributed by atoms with Crippen LogP contribution in [0.4, 0.5) is 5.69 Å². The standard InChI is InChI=1S/C11H19NO2P/c1-12(2,3)10-6-8-11(9-7-10)15(5,13)14-4/h6-9H,1-5H3/q+1. The quantitative estimate of drug-likeness (QED) is 0.584. The molecule has 1 aromatic carbocycles. The molecule has 0 N–H and O–H groups in total. The molecule has 1 aromatic rings. The summed E-state index contributed by atoms with van der Waals surface area (Å²) in [5, 5.41) is 0.766. The predicted molar refractivity (Wildman–Crippen MR) is 66.2 cm³/mol. The fourth-order valence-electron chi connectivity index (χ4n) is 1.28. The summed E-state index contributed by atoms with van der Waals surface area (Å²) in [4.78, 5) is 0. The molecule has 0 spiro atoms. The highest BCUT2D eigenvalue weighted by atomic mass is 31.2. The van der Waals surface area contributed by atoms with E-state index < -0.39 is 7.37 Å². The van der Waals surface area contributed by atoms with E-state index in [-0.39, 0.29) is 0 Å². The normalized spacial score (nSPS) is 16.1. The van der Waals surface area contributed by atoms with Gasteiger partial charge in [0, 0.05) is 19.1 Å². The molecule has 0 fully saturated rings. The van der Waals surface area contributed by atoms with Crippen molar-refractivity contribution in [1.82, 2.24) is 4.48 Å². The lowest BCUT2D eigenvalue weighted by atomic mass is 10.3. The van der Waals surface area contributed by atoms with E-state index in [1.54, 1.807) is 6.66 Å². The fraction of sp³-hybridized carbons (Fsp3) is 0.455. The Hall–Kier alpha value is -0.630. The van der Waals surface area contributed by atoms with Crippen molar-refractivity contribution in [2.75, 3.05) is 34.9 Å². The molecule has 0 radical (unpaired) electrons. The Kier molecular flexibility index (Phi) is 3.39. The van der Waals surface area contributed by atoms with Crippen molar-refractivity contribution in [3.05, 3.63) is 24.3 Å². The maximum atomic E-state index is 11.9. The van der Waals surface area contributed by atoms with E-state index in [2.05, 4.69) is 21.1 Å². The molecule has 0 amide bonds. The monoisotopic (exact) mass is 228 g/mol. The van der Waals surface area contributed by atoms with Crippen LogP contribution >= 0.6 is 7.37 Å². The van der Waals surface area contributed by atoms with Gasteiger partial charge in [0.25, 0.3) is 0 Å². The van der Waals surface area contributed by atoms with Crippen LogP contribution in [0.1, 0.15) is 0 Å². The number of nitrogens with zero attached hydrogens (tertiary/aromatic N) is 1. The summed E-state index contributed by atoms with van der Waals surface area (Å²) < 4.78 is 17.7. The van der Waals surface area contributed by atoms with Gasteiger partial charge in [-0.05, 0) is 24.3 Å². The molecular weight excluding hydrogens is 209 g/mol. The van der Waals surface area contributed by atoms with Crippen LogP contribution in [0.2, 0.25) is 0 Å². The van der Waals surface area contributed by atoms with Crippen LogP contribution < -0.4 is 9.79 Å². The minimum absolute atomic E-state index is 0.751. The van der Waals surface area contributed by atoms with Crippen LogP contribution in [0, 0.1) is 0 Å². The summed E-state index contributed by atoms with van der Waals surface area (Å²) >= 11 is 0. The van der Waals surface area contributed by atoms with E-state index in [9.17, 15) is 4.57 Å². The number of hydrogen-bond donors (Lipinski definition) is 0. The second-order valence-corrected chi connectivity index (χ2v) is 7.13. The lowest BCUT2D eigenvalue weighted by Gasteiger charge is -2.23. The van der Waals surface area contributed by atoms with Gasteiger partial charge >= 0.3 is 0 Å². The fourth-order valence-corrected chi connectivity index (χ4v) is 2.18. The average Bonchev–Trinajstić information content (AvgIpc) is 2.17. The summed E-state index contributed by atoms with van der Waals surface area (Å²) in [6.07, 6.45) is 0. The number of hydrogen-bond acceptors (Lipinski definition) is 2. The minimum Gasteiger partial charge on any atom is -0.329 e. The number of quaternary nitrogens is 1. The van der Waals surface area contributed by atoms with E-state index in [4.69, 9.17) is 4.52 Å². The third-order valence-electron chi connectivity index (χ3n) is 2.44. The first-order valence-electron chi connectivity index (χ1n) is 4.83. The summed E-state index contributed by atoms with van der Waals surface area (Å²) in [6.45, 7) is 1.63. The lowest BCUT2D eigenvalue weighted by Crippen LogP contribution is -2.34. The SMILES string of the molecule is COP(C)(=O)c1ccc([N+](C)(C)C)cc1. The molecule has 0 aromatic heterocycles. The Bertz CT molecular complexity index is 379. The Labute approximate surface area is 91.7 Å². The van der Waals surface area contributed by atoms with Gasteiger partial charge < -0.3 is 4.52 Å². The van der Waals surface area contributed by atoms with Gasteiger partial charge in [0.15, 0.2) is 0 Å². The van der Waals surface area contributed by atoms with Gasteiger partial charge in [-0.2, -0.15) is 0 Å². The molecule has 1 rings (SSSR count). The van der Waals surface area contributed by atoms with Gasteiger partial charge in [0.05, 0.1) is 21.1 Å². The molecule has 3 nitrogen and oxygen atoms in total. The van der Waals surface area contributed by atoms with Crippen molar-refractivity contribution in [2.45, 2.75) is 0 Å². The Balaban J connectivity index is 3.06. The van der Waals surface area contributed by atoms with Crippen LogP contribution in [0.15, 0.2) is 24.3 Å². The zero-order chi connectivity index (χ0) is 11.7. The van der Waals surface area contributed by atoms with Crippen molar-refractivity contribution in [3.63, 3.8) is 0 Å². The maximum absolute atomic E-state index is 11.9. The van der Waals surface area contributed by atoms with Crippen LogP contribution in [0.25, 0.3) is 0 Å². The molecule has 0 heterocycles. The summed E-state index contributed by atoms with van der Waals surface area (Å²) in [7, 11) is 5.16. The van der Waals surface area contributed by atoms with Gasteiger partial charge in [0.2, 0.25) is 7.37 Å². The zero-order valence-electron chi connectivity index (χ0n) is 10.0. The molecule has 0 bridgehead atoms. The largest absolute Gasteiger partial charge is 0.329 e. The maximum Gasteiger partial charge on any atom is 0.228 e. The first-order valence-corrected chi connectivity index (χ1v) is 6.90. The van der Waals surface area contributed by atoms with Gasteiger partial charge in [-0.3, -0.25) is 9.05 Å². The predicted octanol–water partition coefficient (Wildman–Crippen LogP) is 2.06. The van der Waals surface area contributed by atoms with E-state index >= 15 is 0 Å². The first-order chi connectivity index (χ1) is 6.77. The molecule has 1 unspecified atom stereocenters. The van der Waals surface area contributed by atoms with Gasteiger partial charge in [-0.1, -0.05) is 0 Å². The molecular formula is C11H19NO2P+. The summed E-state index contributed by atoms with van der Waals surface area (Å²) in [6, 6.07) is 7.74. The third-order valence-corrected chi connectivity index (χ3v) is 4.37. The third kappa shape index (κ3) is 2.91. The summed E-state index contributed by atoms with van der Waals surface area (Å²) in [5.41, 5.74) is 1.18. The summed E-state index contributed by atoms with van der Waals surface area (Å²) in [5.74, 6) is 0. The second-order valence-electron chi connectivity index (χ2n) is 4.56. The van der Waals surface area contributed by atoms with E-state index in [1.807, 2.05) is 24.3 Å². The lowest BCUT2D eigenvalue weighted by molar-refractivity contribution is 0.408. The van der Waals surface area contributed by atoms with Gasteiger partial charge in [-0.25, -0.2) is 0 Å². The van der Waals surface area contributed by atoms with Gasteiger partial charge in [0.1, 0.15) is 5.69 Å². The van der Waals surface area contributed by atoms with E-state index in [0.717, 1.165) is 9.79 Å². The molecule has 1 atom stereocenters. The minimum atomic E-state index is -2.60. The van der Waals surface area contributed by atoms with Crippen molar-refractivity contribution in [2.24, 2.45) is 0 Å². The molecule has 0 saturated carbocycles. The van der Waals surface area contributed by atoms with Crippen LogP contribution in [0.5, 0.6) is 0 Å². The molecule has 4 heteroatoms. The topological polar surface area (TPSA) is 26.3 Å². The first kappa shape index (κ1) is 12.4. The average molecular weight is 228 g/mol. The molecule has 0 saturated heterocycles. The highest BCUT2D eigenvalue weighted by Crippen LogP contribution is 2.40. The van der Waals surface area contributed by atoms with E-state index in [1.165, 1.54) is 12.8 Å². The van der Waals surface area contributed by atoms with Crippen LogP contribution in [-0.2, 0) is 9.09 Å². The Morgan fingerprint density at radius 3 is 1.93 bits per heavy atom. The Morgan fingerprint density at radius 2 is 1.60 bits per heavy atom. The molecule has 0 aliphatic heterocycles.